The summed E-state index contributed by atoms with van der Waals surface area (Å²) in [5.74, 6) is 5.57. The zero-order valence-electron chi connectivity index (χ0n) is 27.4. The smallest absolute Gasteiger partial charge is 0.300 e. The molecule has 50 heavy (non-hydrogen) atoms. The predicted octanol–water partition coefficient (Wildman–Crippen LogP) is 3.02. The lowest BCUT2D eigenvalue weighted by molar-refractivity contribution is 0.0941. The molecule has 14 nitrogen and oxygen atoms in total. The SMILES string of the molecule is C[C@H](NC(=O)c1c(NS(=O)(=O)NC2CC2)nn2cccnc12)c1c2c3c(ccc(C#Cc4cnn(C)c4)c3c(=O)n1-c1ccccc1)N(C)C2. The van der Waals surface area contributed by atoms with Gasteiger partial charge < -0.3 is 10.2 Å². The molecule has 1 amide bonds. The maximum Gasteiger partial charge on any atom is 0.300 e. The molecule has 1 aliphatic carbocycles. The summed E-state index contributed by atoms with van der Waals surface area (Å²) < 4.78 is 35.4. The highest BCUT2D eigenvalue weighted by atomic mass is 32.2. The average molecular weight is 689 g/mol. The lowest BCUT2D eigenvalue weighted by Gasteiger charge is -2.23. The first-order valence-corrected chi connectivity index (χ1v) is 17.5. The Labute approximate surface area is 286 Å². The number of amides is 1. The molecule has 15 heteroatoms. The molecule has 1 fully saturated rings. The molecule has 2 aliphatic rings. The van der Waals surface area contributed by atoms with Crippen LogP contribution in [0, 0.1) is 11.8 Å². The Morgan fingerprint density at radius 2 is 1.84 bits per heavy atom. The third-order valence-electron chi connectivity index (χ3n) is 8.83. The number of anilines is 2. The Balaban J connectivity index is 1.27. The van der Waals surface area contributed by atoms with E-state index in [2.05, 4.69) is 46.7 Å². The zero-order valence-corrected chi connectivity index (χ0v) is 28.2. The number of aromatic nitrogens is 6. The van der Waals surface area contributed by atoms with Gasteiger partial charge in [0.15, 0.2) is 11.5 Å². The van der Waals surface area contributed by atoms with Crippen molar-refractivity contribution >= 4 is 44.0 Å². The number of benzene rings is 2. The Bertz CT molecular complexity index is 2580. The summed E-state index contributed by atoms with van der Waals surface area (Å²) in [5.41, 5.74) is 4.10. The van der Waals surface area contributed by atoms with E-state index in [1.165, 1.54) is 10.7 Å². The minimum Gasteiger partial charge on any atom is -0.370 e. The van der Waals surface area contributed by atoms with Crippen LogP contribution in [0.3, 0.4) is 0 Å². The number of aryl methyl sites for hydroxylation is 1. The topological polar surface area (TPSA) is 161 Å². The summed E-state index contributed by atoms with van der Waals surface area (Å²) >= 11 is 0. The second-order valence-corrected chi connectivity index (χ2v) is 14.0. The molecule has 252 valence electrons. The second-order valence-electron chi connectivity index (χ2n) is 12.5. The quantitative estimate of drug-likeness (QED) is 0.206. The number of carbonyl (C=O) groups excluding carboxylic acids is 1. The maximum absolute atomic E-state index is 14.8. The predicted molar refractivity (Wildman–Crippen MR) is 188 cm³/mol. The van der Waals surface area contributed by atoms with E-state index in [-0.39, 0.29) is 28.6 Å². The van der Waals surface area contributed by atoms with Gasteiger partial charge >= 0.3 is 10.2 Å². The van der Waals surface area contributed by atoms with E-state index in [0.717, 1.165) is 35.0 Å². The van der Waals surface area contributed by atoms with Crippen LogP contribution < -0.4 is 25.2 Å². The summed E-state index contributed by atoms with van der Waals surface area (Å²) in [6.07, 6.45) is 8.05. The first kappa shape index (κ1) is 31.3. The molecule has 0 bridgehead atoms. The third kappa shape index (κ3) is 5.54. The number of para-hydroxylation sites is 1. The van der Waals surface area contributed by atoms with E-state index in [1.807, 2.05) is 62.8 Å². The fourth-order valence-electron chi connectivity index (χ4n) is 6.50. The summed E-state index contributed by atoms with van der Waals surface area (Å²) in [6, 6.07) is 13.8. The van der Waals surface area contributed by atoms with Gasteiger partial charge in [-0.05, 0) is 50.1 Å². The minimum atomic E-state index is -4.01. The second kappa shape index (κ2) is 11.9. The molecule has 0 saturated heterocycles. The fraction of sp³-hybridized carbons (Fsp3) is 0.229. The van der Waals surface area contributed by atoms with Crippen molar-refractivity contribution in [1.82, 2.24) is 39.0 Å². The number of hydrogen-bond donors (Lipinski definition) is 3. The molecule has 1 aliphatic heterocycles. The van der Waals surface area contributed by atoms with E-state index in [4.69, 9.17) is 0 Å². The number of rotatable bonds is 8. The van der Waals surface area contributed by atoms with Crippen LogP contribution in [0.15, 0.2) is 78.1 Å². The van der Waals surface area contributed by atoms with Crippen molar-refractivity contribution in [3.8, 4) is 17.5 Å². The van der Waals surface area contributed by atoms with Crippen LogP contribution in [-0.4, -0.2) is 56.4 Å². The fourth-order valence-corrected chi connectivity index (χ4v) is 7.63. The van der Waals surface area contributed by atoms with E-state index in [9.17, 15) is 18.0 Å². The van der Waals surface area contributed by atoms with Gasteiger partial charge in [-0.3, -0.25) is 23.6 Å². The van der Waals surface area contributed by atoms with Gasteiger partial charge in [0.1, 0.15) is 5.56 Å². The van der Waals surface area contributed by atoms with Crippen molar-refractivity contribution in [3.63, 3.8) is 0 Å². The molecule has 0 unspecified atom stereocenters. The molecule has 0 spiro atoms. The van der Waals surface area contributed by atoms with E-state index in [0.29, 0.717) is 28.9 Å². The van der Waals surface area contributed by atoms with Gasteiger partial charge in [-0.2, -0.15) is 18.2 Å². The molecule has 6 aromatic rings. The lowest BCUT2D eigenvalue weighted by Crippen LogP contribution is -2.35. The van der Waals surface area contributed by atoms with Crippen molar-refractivity contribution < 1.29 is 13.2 Å². The maximum atomic E-state index is 14.8. The monoisotopic (exact) mass is 688 g/mol. The number of pyridine rings is 1. The van der Waals surface area contributed by atoms with Gasteiger partial charge in [-0.25, -0.2) is 9.50 Å². The van der Waals surface area contributed by atoms with Crippen LogP contribution in [0.25, 0.3) is 22.1 Å². The number of hydrogen-bond acceptors (Lipinski definition) is 8. The number of nitrogens with zero attached hydrogens (tertiary/aromatic N) is 7. The molecule has 5 heterocycles. The van der Waals surface area contributed by atoms with Crippen molar-refractivity contribution in [3.05, 3.63) is 112 Å². The van der Waals surface area contributed by atoms with Crippen LogP contribution >= 0.6 is 0 Å². The number of nitrogens with one attached hydrogen (secondary N) is 3. The normalized spacial score (nSPS) is 14.5. The molecule has 8 rings (SSSR count). The minimum absolute atomic E-state index is 0.0461. The molecule has 3 N–H and O–H groups in total. The number of fused-ring (bicyclic) bond motifs is 1. The highest BCUT2D eigenvalue weighted by Crippen LogP contribution is 2.40. The first-order chi connectivity index (χ1) is 24.1. The Morgan fingerprint density at radius 3 is 2.58 bits per heavy atom. The summed E-state index contributed by atoms with van der Waals surface area (Å²) in [5, 5.41) is 12.8. The van der Waals surface area contributed by atoms with Crippen LogP contribution in [0.2, 0.25) is 0 Å². The van der Waals surface area contributed by atoms with Crippen molar-refractivity contribution in [2.24, 2.45) is 7.05 Å². The van der Waals surface area contributed by atoms with Gasteiger partial charge in [0, 0.05) is 73.2 Å². The molecule has 1 saturated carbocycles. The lowest BCUT2D eigenvalue weighted by atomic mass is 9.97. The Hall–Kier alpha value is -5.98. The van der Waals surface area contributed by atoms with Crippen LogP contribution in [0.5, 0.6) is 0 Å². The van der Waals surface area contributed by atoms with Crippen molar-refractivity contribution in [1.29, 1.82) is 0 Å². The van der Waals surface area contributed by atoms with Gasteiger partial charge in [0.25, 0.3) is 11.5 Å². The van der Waals surface area contributed by atoms with Gasteiger partial charge in [0.05, 0.1) is 28.9 Å². The molecule has 0 radical (unpaired) electrons. The summed E-state index contributed by atoms with van der Waals surface area (Å²) in [7, 11) is -0.240. The van der Waals surface area contributed by atoms with E-state index in [1.54, 1.807) is 34.6 Å². The highest BCUT2D eigenvalue weighted by Gasteiger charge is 2.33. The van der Waals surface area contributed by atoms with E-state index < -0.39 is 22.2 Å². The third-order valence-corrected chi connectivity index (χ3v) is 9.94. The van der Waals surface area contributed by atoms with Crippen LogP contribution in [-0.2, 0) is 23.8 Å². The zero-order chi connectivity index (χ0) is 34.7. The van der Waals surface area contributed by atoms with Crippen molar-refractivity contribution in [2.45, 2.75) is 38.4 Å². The molecule has 2 aromatic carbocycles. The largest absolute Gasteiger partial charge is 0.370 e. The Kier molecular flexibility index (Phi) is 7.43. The molecular weight excluding hydrogens is 657 g/mol. The van der Waals surface area contributed by atoms with Crippen LogP contribution in [0.4, 0.5) is 11.5 Å². The first-order valence-electron chi connectivity index (χ1n) is 16.0. The number of carbonyl (C=O) groups is 1. The summed E-state index contributed by atoms with van der Waals surface area (Å²) in [4.78, 5) is 35.4. The standard InChI is InChI=1S/C35H32N10O4S/c1-21(38-34(46)30-32(39-44-17-7-16-36-33(30)44)41-50(48,49)40-24-13-14-24)31-26-20-42(2)27-15-12-23(11-10-22-18-37-43(3)19-22)28(29(26)27)35(47)45(31)25-8-5-4-6-9-25/h4-9,12,15-19,21,24,40H,13-14,20H2,1-3H3,(H,38,46)(H,39,41)/t21-/m0/s1. The average Bonchev–Trinajstić information content (AvgIpc) is 3.51. The molecule has 4 aromatic heterocycles. The van der Waals surface area contributed by atoms with Gasteiger partial charge in [0.2, 0.25) is 0 Å². The van der Waals surface area contributed by atoms with Crippen LogP contribution in [0.1, 0.15) is 58.5 Å². The van der Waals surface area contributed by atoms with Gasteiger partial charge in [-0.1, -0.05) is 30.0 Å². The molecule has 1 atom stereocenters. The van der Waals surface area contributed by atoms with Crippen molar-refractivity contribution in [2.75, 3.05) is 16.7 Å². The van der Waals surface area contributed by atoms with Gasteiger partial charge in [-0.15, -0.1) is 5.10 Å². The Morgan fingerprint density at radius 1 is 1.04 bits per heavy atom. The summed E-state index contributed by atoms with van der Waals surface area (Å²) in [6.45, 7) is 2.28. The highest BCUT2D eigenvalue weighted by molar-refractivity contribution is 7.90. The molecular formula is C35H32N10O4S. The van der Waals surface area contributed by atoms with E-state index >= 15 is 0 Å².